The van der Waals surface area contributed by atoms with Crippen LogP contribution < -0.4 is 0 Å². The lowest BCUT2D eigenvalue weighted by Gasteiger charge is -1.98. The van der Waals surface area contributed by atoms with Gasteiger partial charge in [0.05, 0.1) is 0 Å². The molecule has 66 valence electrons. The van der Waals surface area contributed by atoms with Crippen molar-refractivity contribution in [2.75, 3.05) is 0 Å². The maximum absolute atomic E-state index is 3.61. The van der Waals surface area contributed by atoms with Gasteiger partial charge < -0.3 is 0 Å². The predicted octanol–water partition coefficient (Wildman–Crippen LogP) is 4.62. The largest absolute Gasteiger partial charge is 0.456 e. The number of rotatable bonds is 7. The third kappa shape index (κ3) is 11.5. The summed E-state index contributed by atoms with van der Waals surface area (Å²) in [5, 5.41) is 1.39. The molecule has 0 bridgehead atoms. The number of unbranched alkanes of at least 4 members (excludes halogenated alkanes) is 5. The van der Waals surface area contributed by atoms with Crippen molar-refractivity contribution in [1.82, 2.24) is 0 Å². The van der Waals surface area contributed by atoms with Crippen LogP contribution >= 0.6 is 28.1 Å². The molecule has 0 aliphatic rings. The summed E-state index contributed by atoms with van der Waals surface area (Å²) in [6.45, 7) is 2.26. The Kier molecular flexibility index (Phi) is 10.9. The number of hydrogen-bond donors (Lipinski definition) is 0. The summed E-state index contributed by atoms with van der Waals surface area (Å²) in [5.41, 5.74) is 0. The highest BCUT2D eigenvalue weighted by atomic mass is 79.9. The van der Waals surface area contributed by atoms with Crippen molar-refractivity contribution in [3.05, 3.63) is 0 Å². The molecule has 0 atom stereocenters. The Labute approximate surface area is 88.8 Å². The molecule has 0 unspecified atom stereocenters. The molecule has 0 aromatic heterocycles. The van der Waals surface area contributed by atoms with E-state index in [1.807, 2.05) is 0 Å². The van der Waals surface area contributed by atoms with Gasteiger partial charge in [-0.25, -0.2) is 0 Å². The molecule has 11 heavy (non-hydrogen) atoms. The van der Waals surface area contributed by atoms with E-state index < -0.39 is 10.5 Å². The fourth-order valence-corrected chi connectivity index (χ4v) is 3.62. The lowest BCUT2D eigenvalue weighted by molar-refractivity contribution is 0.624. The fraction of sp³-hybridized carbons (Fsp3) is 1.00. The Bertz CT molecular complexity index is 76.5. The topological polar surface area (TPSA) is 0 Å². The zero-order chi connectivity index (χ0) is 8.53. The summed E-state index contributed by atoms with van der Waals surface area (Å²) < 4.78 is 0. The van der Waals surface area contributed by atoms with Gasteiger partial charge in [0.15, 0.2) is 0 Å². The number of hydrogen-bond acceptors (Lipinski definition) is 0. The van der Waals surface area contributed by atoms with E-state index in [4.69, 9.17) is 0 Å². The van der Waals surface area contributed by atoms with Gasteiger partial charge in [-0.2, -0.15) is 28.1 Å². The lowest BCUT2D eigenvalue weighted by atomic mass is 10.1. The average molecular weight is 300 g/mol. The second-order valence-corrected chi connectivity index (χ2v) is 14.6. The predicted molar refractivity (Wildman–Crippen MR) is 61.8 cm³/mol. The van der Waals surface area contributed by atoms with Gasteiger partial charge in [0, 0.05) is 0 Å². The van der Waals surface area contributed by atoms with Gasteiger partial charge in [-0.15, -0.1) is 0 Å². The molecule has 0 fully saturated rings. The highest BCUT2D eigenvalue weighted by molar-refractivity contribution is 9.49. The molecule has 3 heteroatoms. The molecule has 0 nitrogen and oxygen atoms in total. The molecule has 0 rings (SSSR count). The maximum Gasteiger partial charge on any atom is 0.456 e. The first kappa shape index (κ1) is 12.5. The van der Waals surface area contributed by atoms with Gasteiger partial charge >= 0.3 is 10.5 Å². The molecular formula is C8H17AlBr2. The van der Waals surface area contributed by atoms with E-state index in [0.29, 0.717) is 0 Å². The minimum absolute atomic E-state index is 0.604. The maximum atomic E-state index is 3.61. The van der Waals surface area contributed by atoms with E-state index in [2.05, 4.69) is 35.0 Å². The molecule has 0 saturated carbocycles. The zero-order valence-electron chi connectivity index (χ0n) is 7.28. The SMILES string of the molecule is CCCCCCC[CH2][Al]([Br])[Br]. The molecule has 0 aliphatic heterocycles. The van der Waals surface area contributed by atoms with Crippen LogP contribution in [0, 0.1) is 0 Å². The van der Waals surface area contributed by atoms with Crippen LogP contribution in [0.1, 0.15) is 45.4 Å². The van der Waals surface area contributed by atoms with Crippen molar-refractivity contribution >= 4 is 38.6 Å². The Morgan fingerprint density at radius 2 is 1.45 bits per heavy atom. The van der Waals surface area contributed by atoms with Gasteiger partial charge in [0.2, 0.25) is 0 Å². The summed E-state index contributed by atoms with van der Waals surface area (Å²) >= 11 is 7.23. The van der Waals surface area contributed by atoms with Crippen LogP contribution in [0.4, 0.5) is 0 Å². The van der Waals surface area contributed by atoms with Gasteiger partial charge in [0.1, 0.15) is 0 Å². The van der Waals surface area contributed by atoms with Crippen LogP contribution in [0.25, 0.3) is 0 Å². The zero-order valence-corrected chi connectivity index (χ0v) is 11.6. The van der Waals surface area contributed by atoms with Crippen LogP contribution in [0.5, 0.6) is 0 Å². The molecule has 0 radical (unpaired) electrons. The quantitative estimate of drug-likeness (QED) is 0.475. The first-order chi connectivity index (χ1) is 5.27. The van der Waals surface area contributed by atoms with E-state index in [9.17, 15) is 0 Å². The van der Waals surface area contributed by atoms with Crippen LogP contribution in [0.2, 0.25) is 5.28 Å². The Morgan fingerprint density at radius 1 is 0.909 bits per heavy atom. The normalized spacial score (nSPS) is 10.1. The first-order valence-electron chi connectivity index (χ1n) is 4.55. The van der Waals surface area contributed by atoms with Gasteiger partial charge in [-0.3, -0.25) is 0 Å². The van der Waals surface area contributed by atoms with E-state index in [1.54, 1.807) is 0 Å². The molecule has 0 heterocycles. The van der Waals surface area contributed by atoms with Crippen LogP contribution in [0.15, 0.2) is 0 Å². The van der Waals surface area contributed by atoms with Crippen molar-refractivity contribution in [2.45, 2.75) is 50.7 Å². The second kappa shape index (κ2) is 9.58. The van der Waals surface area contributed by atoms with E-state index in [0.717, 1.165) is 0 Å². The average Bonchev–Trinajstić information content (AvgIpc) is 1.96. The van der Waals surface area contributed by atoms with Crippen molar-refractivity contribution in [3.8, 4) is 0 Å². The van der Waals surface area contributed by atoms with Crippen molar-refractivity contribution in [1.29, 1.82) is 0 Å². The smallest absolute Gasteiger partial charge is 0.197 e. The fourth-order valence-electron chi connectivity index (χ4n) is 1.08. The lowest BCUT2D eigenvalue weighted by Crippen LogP contribution is -1.89. The summed E-state index contributed by atoms with van der Waals surface area (Å²) in [5.74, 6) is 0. The van der Waals surface area contributed by atoms with Crippen molar-refractivity contribution < 1.29 is 0 Å². The molecule has 0 saturated heterocycles. The molecule has 0 aliphatic carbocycles. The summed E-state index contributed by atoms with van der Waals surface area (Å²) in [6.07, 6.45) is 8.50. The van der Waals surface area contributed by atoms with Crippen molar-refractivity contribution in [2.24, 2.45) is 0 Å². The highest BCUT2D eigenvalue weighted by Gasteiger charge is 2.06. The van der Waals surface area contributed by atoms with E-state index >= 15 is 0 Å². The van der Waals surface area contributed by atoms with E-state index in [-0.39, 0.29) is 0 Å². The molecule has 0 spiro atoms. The van der Waals surface area contributed by atoms with Crippen LogP contribution in [-0.4, -0.2) is 10.5 Å². The van der Waals surface area contributed by atoms with Gasteiger partial charge in [0.25, 0.3) is 0 Å². The third-order valence-electron chi connectivity index (χ3n) is 1.78. The highest BCUT2D eigenvalue weighted by Crippen LogP contribution is 2.14. The molecule has 0 aromatic rings. The summed E-state index contributed by atoms with van der Waals surface area (Å²) in [4.78, 5) is 0. The van der Waals surface area contributed by atoms with Crippen LogP contribution in [0.3, 0.4) is 0 Å². The van der Waals surface area contributed by atoms with E-state index in [1.165, 1.54) is 43.8 Å². The Balaban J connectivity index is 2.80. The Hall–Kier alpha value is 1.49. The monoisotopic (exact) mass is 298 g/mol. The van der Waals surface area contributed by atoms with Crippen molar-refractivity contribution in [3.63, 3.8) is 0 Å². The minimum Gasteiger partial charge on any atom is -0.197 e. The standard InChI is InChI=1S/C8H17.Al.2BrH/c1-3-5-7-8-6-4-2;;;/h1,3-8H2,2H3;;2*1H/q;+2;;/p-2. The molecule has 0 N–H and O–H groups in total. The third-order valence-corrected chi connectivity index (χ3v) is 5.37. The minimum atomic E-state index is -0.604. The van der Waals surface area contributed by atoms with Crippen LogP contribution in [-0.2, 0) is 0 Å². The summed E-state index contributed by atoms with van der Waals surface area (Å²) in [7, 11) is -0.604. The summed E-state index contributed by atoms with van der Waals surface area (Å²) in [6, 6.07) is 0. The van der Waals surface area contributed by atoms with Gasteiger partial charge in [-0.05, 0) is 0 Å². The first-order valence-corrected chi connectivity index (χ1v) is 11.7. The van der Waals surface area contributed by atoms with Gasteiger partial charge in [-0.1, -0.05) is 50.7 Å². The number of halogens is 2. The molecule has 0 aromatic carbocycles. The molecular weight excluding hydrogens is 283 g/mol. The molecule has 0 amide bonds. The second-order valence-electron chi connectivity index (χ2n) is 2.95. The Morgan fingerprint density at radius 3 is 2.00 bits per heavy atom.